The third kappa shape index (κ3) is 4.63. The lowest BCUT2D eigenvalue weighted by molar-refractivity contribution is -0.145. The highest BCUT2D eigenvalue weighted by molar-refractivity contribution is 7.99. The zero-order chi connectivity index (χ0) is 17.6. The van der Waals surface area contributed by atoms with Crippen molar-refractivity contribution in [1.29, 1.82) is 0 Å². The maximum absolute atomic E-state index is 12.3. The van der Waals surface area contributed by atoms with Crippen LogP contribution in [0.15, 0.2) is 41.0 Å². The fourth-order valence-electron chi connectivity index (χ4n) is 2.83. The molecular weight excluding hydrogens is 340 g/mol. The third-order valence-corrected chi connectivity index (χ3v) is 5.12. The Kier molecular flexibility index (Phi) is 5.75. The highest BCUT2D eigenvalue weighted by Crippen LogP contribution is 2.21. The number of carbonyl (C=O) groups is 2. The number of piperidine rings is 1. The summed E-state index contributed by atoms with van der Waals surface area (Å²) in [5.41, 5.74) is 1.71. The summed E-state index contributed by atoms with van der Waals surface area (Å²) in [6, 6.07) is 9.65. The number of oxazole rings is 1. The molecule has 2 heterocycles. The molecule has 1 aliphatic heterocycles. The predicted molar refractivity (Wildman–Crippen MR) is 95.0 cm³/mol. The molecule has 1 amide bonds. The number of benzene rings is 1. The van der Waals surface area contributed by atoms with E-state index in [9.17, 15) is 9.59 Å². The number of carbonyl (C=O) groups excluding carboxylic acids is 1. The molecule has 132 valence electrons. The van der Waals surface area contributed by atoms with E-state index in [1.807, 2.05) is 30.3 Å². The number of carboxylic acids is 1. The van der Waals surface area contributed by atoms with Gasteiger partial charge in [-0.3, -0.25) is 9.59 Å². The Morgan fingerprint density at radius 3 is 2.88 bits per heavy atom. The number of nitrogens with zero attached hydrogens (tertiary/aromatic N) is 2. The first-order chi connectivity index (χ1) is 12.1. The van der Waals surface area contributed by atoms with E-state index >= 15 is 0 Å². The largest absolute Gasteiger partial charge is 0.481 e. The van der Waals surface area contributed by atoms with Gasteiger partial charge in [0.2, 0.25) is 11.8 Å². The number of hydrogen-bond donors (Lipinski definition) is 1. The molecule has 1 N–H and O–H groups in total. The van der Waals surface area contributed by atoms with Gasteiger partial charge in [-0.05, 0) is 25.0 Å². The quantitative estimate of drug-likeness (QED) is 0.853. The Balaban J connectivity index is 1.47. The van der Waals surface area contributed by atoms with Crippen molar-refractivity contribution in [2.24, 2.45) is 5.92 Å². The zero-order valence-corrected chi connectivity index (χ0v) is 14.6. The van der Waals surface area contributed by atoms with Crippen molar-refractivity contribution in [3.8, 4) is 11.5 Å². The van der Waals surface area contributed by atoms with Crippen LogP contribution in [0.4, 0.5) is 0 Å². The second kappa shape index (κ2) is 8.20. The predicted octanol–water partition coefficient (Wildman–Crippen LogP) is 2.90. The maximum Gasteiger partial charge on any atom is 0.308 e. The van der Waals surface area contributed by atoms with E-state index in [4.69, 9.17) is 9.52 Å². The van der Waals surface area contributed by atoms with Crippen LogP contribution in [0.5, 0.6) is 0 Å². The number of amides is 1. The third-order valence-electron chi connectivity index (χ3n) is 4.17. The zero-order valence-electron chi connectivity index (χ0n) is 13.8. The number of likely N-dealkylation sites (tertiary alicyclic amines) is 1. The van der Waals surface area contributed by atoms with E-state index in [-0.39, 0.29) is 5.91 Å². The molecule has 0 unspecified atom stereocenters. The molecule has 1 atom stereocenters. The van der Waals surface area contributed by atoms with Crippen LogP contribution in [-0.2, 0) is 15.3 Å². The van der Waals surface area contributed by atoms with Gasteiger partial charge in [0, 0.05) is 24.4 Å². The Morgan fingerprint density at radius 1 is 1.32 bits per heavy atom. The molecule has 0 saturated carbocycles. The second-order valence-corrected chi connectivity index (χ2v) is 7.01. The molecule has 0 spiro atoms. The van der Waals surface area contributed by atoms with Gasteiger partial charge in [-0.2, -0.15) is 0 Å². The smallest absolute Gasteiger partial charge is 0.308 e. The molecule has 3 rings (SSSR count). The minimum Gasteiger partial charge on any atom is -0.481 e. The lowest BCUT2D eigenvalue weighted by atomic mass is 9.98. The van der Waals surface area contributed by atoms with E-state index in [0.29, 0.717) is 36.9 Å². The van der Waals surface area contributed by atoms with Crippen LogP contribution in [-0.4, -0.2) is 45.7 Å². The minimum atomic E-state index is -0.818. The van der Waals surface area contributed by atoms with Gasteiger partial charge in [0.25, 0.3) is 0 Å². The molecule has 1 fully saturated rings. The van der Waals surface area contributed by atoms with Gasteiger partial charge in [-0.25, -0.2) is 4.98 Å². The molecule has 1 aliphatic rings. The molecule has 1 saturated heterocycles. The van der Waals surface area contributed by atoms with Gasteiger partial charge in [-0.15, -0.1) is 11.8 Å². The molecule has 1 aromatic carbocycles. The summed E-state index contributed by atoms with van der Waals surface area (Å²) in [6.07, 6.45) is 3.01. The molecule has 0 radical (unpaired) electrons. The van der Waals surface area contributed by atoms with Crippen LogP contribution in [0.1, 0.15) is 18.5 Å². The number of hydrogen-bond acceptors (Lipinski definition) is 5. The number of aromatic nitrogens is 1. The van der Waals surface area contributed by atoms with E-state index in [1.54, 1.807) is 11.2 Å². The highest BCUT2D eigenvalue weighted by atomic mass is 32.2. The Bertz CT molecular complexity index is 732. The van der Waals surface area contributed by atoms with Crippen molar-refractivity contribution in [3.05, 3.63) is 42.3 Å². The molecule has 7 heteroatoms. The number of thioether (sulfide) groups is 1. The first-order valence-electron chi connectivity index (χ1n) is 8.21. The fraction of sp³-hybridized carbons (Fsp3) is 0.389. The van der Waals surface area contributed by atoms with Crippen LogP contribution < -0.4 is 0 Å². The van der Waals surface area contributed by atoms with E-state index < -0.39 is 11.9 Å². The Labute approximate surface area is 150 Å². The topological polar surface area (TPSA) is 83.6 Å². The van der Waals surface area contributed by atoms with Crippen molar-refractivity contribution >= 4 is 23.6 Å². The first-order valence-corrected chi connectivity index (χ1v) is 9.37. The molecule has 2 aromatic rings. The van der Waals surface area contributed by atoms with Crippen LogP contribution in [0, 0.1) is 5.92 Å². The van der Waals surface area contributed by atoms with Gasteiger partial charge in [0.15, 0.2) is 0 Å². The van der Waals surface area contributed by atoms with Gasteiger partial charge in [0.1, 0.15) is 6.26 Å². The minimum absolute atomic E-state index is 0.0114. The summed E-state index contributed by atoms with van der Waals surface area (Å²) in [6.45, 7) is 0.960. The molecule has 6 nitrogen and oxygen atoms in total. The van der Waals surface area contributed by atoms with Crippen molar-refractivity contribution in [3.63, 3.8) is 0 Å². The van der Waals surface area contributed by atoms with Crippen LogP contribution in [0.3, 0.4) is 0 Å². The van der Waals surface area contributed by atoms with Gasteiger partial charge in [0.05, 0.1) is 17.4 Å². The number of aliphatic carboxylic acids is 1. The molecule has 25 heavy (non-hydrogen) atoms. The Morgan fingerprint density at radius 2 is 2.12 bits per heavy atom. The van der Waals surface area contributed by atoms with Crippen LogP contribution >= 0.6 is 11.8 Å². The van der Waals surface area contributed by atoms with Gasteiger partial charge >= 0.3 is 5.97 Å². The standard InChI is InChI=1S/C18H20N2O4S/c21-16(20-8-4-7-14(9-20)18(22)23)12-25-11-15-10-24-17(19-15)13-5-2-1-3-6-13/h1-3,5-6,10,14H,4,7-9,11-12H2,(H,22,23)/t14-/m0/s1. The molecule has 0 aliphatic carbocycles. The molecular formula is C18H20N2O4S. The average Bonchev–Trinajstić information content (AvgIpc) is 3.11. The monoisotopic (exact) mass is 360 g/mol. The van der Waals surface area contributed by atoms with Gasteiger partial charge < -0.3 is 14.4 Å². The summed E-state index contributed by atoms with van der Waals surface area (Å²) < 4.78 is 5.48. The van der Waals surface area contributed by atoms with E-state index in [1.165, 1.54) is 11.8 Å². The fourth-order valence-corrected chi connectivity index (χ4v) is 3.63. The molecule has 1 aromatic heterocycles. The summed E-state index contributed by atoms with van der Waals surface area (Å²) in [5.74, 6) is 0.205. The highest BCUT2D eigenvalue weighted by Gasteiger charge is 2.27. The summed E-state index contributed by atoms with van der Waals surface area (Å²) in [5, 5.41) is 9.10. The number of rotatable bonds is 6. The SMILES string of the molecule is O=C(O)[C@H]1CCCN(C(=O)CSCc2coc(-c3ccccc3)n2)C1. The van der Waals surface area contributed by atoms with Crippen LogP contribution in [0.2, 0.25) is 0 Å². The lowest BCUT2D eigenvalue weighted by Gasteiger charge is -2.30. The number of carboxylic acid groups (broad SMARTS) is 1. The maximum atomic E-state index is 12.3. The van der Waals surface area contributed by atoms with Crippen LogP contribution in [0.25, 0.3) is 11.5 Å². The summed E-state index contributed by atoms with van der Waals surface area (Å²) in [4.78, 5) is 29.4. The van der Waals surface area contributed by atoms with Crippen molar-refractivity contribution in [1.82, 2.24) is 9.88 Å². The van der Waals surface area contributed by atoms with Crippen molar-refractivity contribution < 1.29 is 19.1 Å². The normalized spacial score (nSPS) is 17.4. The first kappa shape index (κ1) is 17.5. The van der Waals surface area contributed by atoms with Crippen molar-refractivity contribution in [2.45, 2.75) is 18.6 Å². The summed E-state index contributed by atoms with van der Waals surface area (Å²) >= 11 is 1.47. The van der Waals surface area contributed by atoms with Crippen molar-refractivity contribution in [2.75, 3.05) is 18.8 Å². The van der Waals surface area contributed by atoms with E-state index in [0.717, 1.165) is 17.7 Å². The van der Waals surface area contributed by atoms with Gasteiger partial charge in [-0.1, -0.05) is 18.2 Å². The Hall–Kier alpha value is -2.28. The average molecular weight is 360 g/mol. The molecule has 0 bridgehead atoms. The lowest BCUT2D eigenvalue weighted by Crippen LogP contribution is -2.43. The second-order valence-electron chi connectivity index (χ2n) is 6.02. The van der Waals surface area contributed by atoms with E-state index in [2.05, 4.69) is 4.98 Å². The summed E-state index contributed by atoms with van der Waals surface area (Å²) in [7, 11) is 0.